The van der Waals surface area contributed by atoms with E-state index in [1.165, 1.54) is 7.11 Å². The minimum absolute atomic E-state index is 0.184. The van der Waals surface area contributed by atoms with E-state index in [9.17, 15) is 4.79 Å². The highest BCUT2D eigenvalue weighted by atomic mass is 32.2. The van der Waals surface area contributed by atoms with E-state index in [-0.39, 0.29) is 11.9 Å². The van der Waals surface area contributed by atoms with Gasteiger partial charge in [-0.3, -0.25) is 0 Å². The van der Waals surface area contributed by atoms with Crippen LogP contribution in [0, 0.1) is 6.92 Å². The summed E-state index contributed by atoms with van der Waals surface area (Å²) in [7, 11) is 1.37. The number of nitrogens with zero attached hydrogens (tertiary/aromatic N) is 3. The van der Waals surface area contributed by atoms with Gasteiger partial charge in [-0.1, -0.05) is 30.3 Å². The van der Waals surface area contributed by atoms with Crippen LogP contribution in [0.2, 0.25) is 0 Å². The fourth-order valence-corrected chi connectivity index (χ4v) is 3.35. The Morgan fingerprint density at radius 3 is 2.54 bits per heavy atom. The average molecular weight is 395 g/mol. The van der Waals surface area contributed by atoms with Gasteiger partial charge in [0, 0.05) is 11.4 Å². The molecular weight excluding hydrogens is 374 g/mol. The quantitative estimate of drug-likeness (QED) is 0.583. The van der Waals surface area contributed by atoms with E-state index in [4.69, 9.17) is 10.5 Å². The van der Waals surface area contributed by atoms with Crippen LogP contribution < -0.4 is 11.1 Å². The molecule has 3 N–H and O–H groups in total. The molecule has 0 fully saturated rings. The summed E-state index contributed by atoms with van der Waals surface area (Å²) in [4.78, 5) is 24.3. The first kappa shape index (κ1) is 19.6. The number of methoxy groups -OCH3 is 1. The lowest BCUT2D eigenvalue weighted by atomic mass is 10.1. The van der Waals surface area contributed by atoms with Crippen molar-refractivity contribution in [3.8, 4) is 0 Å². The number of nitrogens with two attached hydrogens (primary N) is 1. The molecule has 1 heterocycles. The van der Waals surface area contributed by atoms with Crippen molar-refractivity contribution in [2.75, 3.05) is 18.2 Å². The van der Waals surface area contributed by atoms with E-state index >= 15 is 0 Å². The molecule has 1 aromatic heterocycles. The zero-order valence-corrected chi connectivity index (χ0v) is 16.5. The molecule has 2 aromatic carbocycles. The topological polar surface area (TPSA) is 103 Å². The highest BCUT2D eigenvalue weighted by Gasteiger charge is 2.08. The molecule has 3 aromatic rings. The van der Waals surface area contributed by atoms with Gasteiger partial charge in [0.15, 0.2) is 0 Å². The van der Waals surface area contributed by atoms with E-state index in [2.05, 4.69) is 20.3 Å². The Balaban J connectivity index is 1.61. The van der Waals surface area contributed by atoms with E-state index in [1.54, 1.807) is 23.9 Å². The van der Waals surface area contributed by atoms with Crippen LogP contribution in [0.15, 0.2) is 48.5 Å². The average Bonchev–Trinajstić information content (AvgIpc) is 2.69. The standard InChI is InChI=1S/C20H21N5O2S/c1-13-5-3-4-6-16(13)22-20-24-17(23-19(21)25-20)12-28-11-14-7-9-15(10-8-14)18(26)27-2/h3-10H,11-12H2,1-2H3,(H3,21,22,23,24,25). The van der Waals surface area contributed by atoms with Crippen LogP contribution in [-0.2, 0) is 16.2 Å². The first-order chi connectivity index (χ1) is 13.5. The van der Waals surface area contributed by atoms with Crippen LogP contribution in [-0.4, -0.2) is 28.0 Å². The zero-order valence-electron chi connectivity index (χ0n) is 15.7. The maximum Gasteiger partial charge on any atom is 0.337 e. The fraction of sp³-hybridized carbons (Fsp3) is 0.200. The number of nitrogens with one attached hydrogen (secondary N) is 1. The van der Waals surface area contributed by atoms with Gasteiger partial charge in [0.05, 0.1) is 18.4 Å². The highest BCUT2D eigenvalue weighted by molar-refractivity contribution is 7.97. The molecule has 0 bridgehead atoms. The number of ether oxygens (including phenoxy) is 1. The third-order valence-corrected chi connectivity index (χ3v) is 4.97. The molecule has 7 nitrogen and oxygen atoms in total. The van der Waals surface area contributed by atoms with Gasteiger partial charge in [-0.2, -0.15) is 15.0 Å². The summed E-state index contributed by atoms with van der Waals surface area (Å²) >= 11 is 1.65. The summed E-state index contributed by atoms with van der Waals surface area (Å²) in [5, 5.41) is 3.19. The van der Waals surface area contributed by atoms with Crippen LogP contribution >= 0.6 is 11.8 Å². The molecule has 8 heteroatoms. The second-order valence-corrected chi connectivity index (χ2v) is 7.04. The predicted octanol–water partition coefficient (Wildman–Crippen LogP) is 3.73. The first-order valence-electron chi connectivity index (χ1n) is 8.63. The molecule has 0 aliphatic rings. The second-order valence-electron chi connectivity index (χ2n) is 6.05. The molecule has 0 aliphatic carbocycles. The van der Waals surface area contributed by atoms with E-state index in [1.807, 2.05) is 43.3 Å². The summed E-state index contributed by atoms with van der Waals surface area (Å²) in [5.74, 6) is 2.24. The molecule has 0 aliphatic heterocycles. The summed E-state index contributed by atoms with van der Waals surface area (Å²) in [5.41, 5.74) is 9.49. The minimum atomic E-state index is -0.339. The number of para-hydroxylation sites is 1. The number of benzene rings is 2. The van der Waals surface area contributed by atoms with Gasteiger partial charge in [-0.15, -0.1) is 11.8 Å². The largest absolute Gasteiger partial charge is 0.465 e. The van der Waals surface area contributed by atoms with Gasteiger partial charge in [-0.25, -0.2) is 4.79 Å². The van der Waals surface area contributed by atoms with Crippen LogP contribution in [0.5, 0.6) is 0 Å². The molecular formula is C20H21N5O2S. The summed E-state index contributed by atoms with van der Waals surface area (Å²) in [6, 6.07) is 15.2. The van der Waals surface area contributed by atoms with Crippen molar-refractivity contribution in [1.82, 2.24) is 15.0 Å². The first-order valence-corrected chi connectivity index (χ1v) is 9.78. The number of esters is 1. The van der Waals surface area contributed by atoms with Crippen LogP contribution in [0.3, 0.4) is 0 Å². The van der Waals surface area contributed by atoms with Crippen molar-refractivity contribution in [3.05, 3.63) is 71.0 Å². The number of thioether (sulfide) groups is 1. The van der Waals surface area contributed by atoms with Crippen LogP contribution in [0.4, 0.5) is 17.6 Å². The van der Waals surface area contributed by atoms with Crippen molar-refractivity contribution in [2.45, 2.75) is 18.4 Å². The molecule has 0 saturated carbocycles. The van der Waals surface area contributed by atoms with Crippen molar-refractivity contribution in [2.24, 2.45) is 0 Å². The maximum absolute atomic E-state index is 11.5. The van der Waals surface area contributed by atoms with Crippen molar-refractivity contribution < 1.29 is 9.53 Å². The van der Waals surface area contributed by atoms with Crippen molar-refractivity contribution in [1.29, 1.82) is 0 Å². The SMILES string of the molecule is COC(=O)c1ccc(CSCc2nc(N)nc(Nc3ccccc3C)n2)cc1. The lowest BCUT2D eigenvalue weighted by Gasteiger charge is -2.09. The van der Waals surface area contributed by atoms with Gasteiger partial charge in [0.2, 0.25) is 11.9 Å². The Bertz CT molecular complexity index is 963. The van der Waals surface area contributed by atoms with E-state index in [0.717, 1.165) is 22.6 Å². The van der Waals surface area contributed by atoms with Gasteiger partial charge in [0.1, 0.15) is 5.82 Å². The maximum atomic E-state index is 11.5. The summed E-state index contributed by atoms with van der Waals surface area (Å²) in [6.07, 6.45) is 0. The number of carbonyl (C=O) groups is 1. The monoisotopic (exact) mass is 395 g/mol. The molecule has 0 atom stereocenters. The Morgan fingerprint density at radius 1 is 1.07 bits per heavy atom. The number of aryl methyl sites for hydroxylation is 1. The Kier molecular flexibility index (Phi) is 6.44. The molecule has 3 rings (SSSR count). The zero-order chi connectivity index (χ0) is 19.9. The lowest BCUT2D eigenvalue weighted by molar-refractivity contribution is 0.0600. The number of hydrogen-bond donors (Lipinski definition) is 2. The third-order valence-electron chi connectivity index (χ3n) is 3.97. The number of nitrogen functional groups attached to an aromatic ring is 1. The Hall–Kier alpha value is -3.13. The highest BCUT2D eigenvalue weighted by Crippen LogP contribution is 2.20. The van der Waals surface area contributed by atoms with Crippen LogP contribution in [0.1, 0.15) is 27.3 Å². The number of anilines is 3. The number of carbonyl (C=O) groups excluding carboxylic acids is 1. The summed E-state index contributed by atoms with van der Waals surface area (Å²) < 4.78 is 4.70. The lowest BCUT2D eigenvalue weighted by Crippen LogP contribution is -2.07. The van der Waals surface area contributed by atoms with Gasteiger partial charge >= 0.3 is 5.97 Å². The fourth-order valence-electron chi connectivity index (χ4n) is 2.51. The Labute approximate surface area is 167 Å². The molecule has 0 saturated heterocycles. The van der Waals surface area contributed by atoms with Crippen molar-refractivity contribution in [3.63, 3.8) is 0 Å². The van der Waals surface area contributed by atoms with Gasteiger partial charge in [-0.05, 0) is 36.2 Å². The molecule has 0 unspecified atom stereocenters. The molecule has 0 spiro atoms. The number of hydrogen-bond acceptors (Lipinski definition) is 8. The van der Waals surface area contributed by atoms with E-state index in [0.29, 0.717) is 23.1 Å². The molecule has 28 heavy (non-hydrogen) atoms. The predicted molar refractivity (Wildman–Crippen MR) is 111 cm³/mol. The van der Waals surface area contributed by atoms with E-state index < -0.39 is 0 Å². The number of aromatic nitrogens is 3. The van der Waals surface area contributed by atoms with Crippen LogP contribution in [0.25, 0.3) is 0 Å². The van der Waals surface area contributed by atoms with Gasteiger partial charge < -0.3 is 15.8 Å². The smallest absolute Gasteiger partial charge is 0.337 e. The third kappa shape index (κ3) is 5.20. The normalized spacial score (nSPS) is 10.5. The van der Waals surface area contributed by atoms with Gasteiger partial charge in [0.25, 0.3) is 0 Å². The second kappa shape index (κ2) is 9.18. The van der Waals surface area contributed by atoms with Crippen molar-refractivity contribution >= 4 is 35.3 Å². The molecule has 0 radical (unpaired) electrons. The number of rotatable bonds is 7. The molecule has 144 valence electrons. The minimum Gasteiger partial charge on any atom is -0.465 e. The molecule has 0 amide bonds. The Morgan fingerprint density at radius 2 is 1.82 bits per heavy atom. The summed E-state index contributed by atoms with van der Waals surface area (Å²) in [6.45, 7) is 2.01.